The Morgan fingerprint density at radius 3 is 1.13 bits per heavy atom. The van der Waals surface area contributed by atoms with Crippen LogP contribution in [0.25, 0.3) is 44.3 Å². The molecule has 2 saturated carbocycles. The quantitative estimate of drug-likeness (QED) is 0.0786. The summed E-state index contributed by atoms with van der Waals surface area (Å²) in [5, 5.41) is 16.7. The number of rotatable bonds is 15. The third-order valence-electron chi connectivity index (χ3n) is 17.9. The molecule has 12 nitrogen and oxygen atoms in total. The third kappa shape index (κ3) is 12.1. The number of ether oxygens (including phenoxy) is 4. The van der Waals surface area contributed by atoms with E-state index in [4.69, 9.17) is 45.7 Å². The topological polar surface area (TPSA) is 114 Å². The van der Waals surface area contributed by atoms with Gasteiger partial charge in [0.2, 0.25) is 0 Å². The smallest absolute Gasteiger partial charge is 0.138 e. The van der Waals surface area contributed by atoms with Crippen molar-refractivity contribution < 1.29 is 18.9 Å². The Balaban J connectivity index is 0.000000146. The van der Waals surface area contributed by atoms with Crippen LogP contribution in [-0.4, -0.2) is 93.3 Å². The predicted octanol–water partition coefficient (Wildman–Crippen LogP) is 15.8. The van der Waals surface area contributed by atoms with Gasteiger partial charge in [-0.05, 0) is 134 Å². The van der Waals surface area contributed by atoms with Crippen LogP contribution in [0.3, 0.4) is 0 Å². The van der Waals surface area contributed by atoms with Crippen molar-refractivity contribution in [2.45, 2.75) is 61.8 Å². The van der Waals surface area contributed by atoms with Gasteiger partial charge in [0.25, 0.3) is 0 Å². The molecule has 0 bridgehead atoms. The molecule has 0 unspecified atom stereocenters. The van der Waals surface area contributed by atoms with Gasteiger partial charge >= 0.3 is 0 Å². The Morgan fingerprint density at radius 2 is 0.791 bits per heavy atom. The first-order chi connectivity index (χ1) is 44.7. The maximum Gasteiger partial charge on any atom is 0.138 e. The summed E-state index contributed by atoms with van der Waals surface area (Å²) >= 11 is 6.39. The second-order valence-electron chi connectivity index (χ2n) is 24.3. The third-order valence-corrected chi connectivity index (χ3v) is 18.1. The van der Waals surface area contributed by atoms with E-state index in [1.54, 1.807) is 6.20 Å². The Morgan fingerprint density at radius 1 is 0.429 bits per heavy atom. The van der Waals surface area contributed by atoms with Gasteiger partial charge in [-0.25, -0.2) is 19.3 Å². The summed E-state index contributed by atoms with van der Waals surface area (Å²) in [6.45, 7) is 11.2. The second-order valence-corrected chi connectivity index (χ2v) is 24.7. The minimum Gasteiger partial charge on any atom is -0.488 e. The molecular formula is C78H73ClN8O4. The Kier molecular flexibility index (Phi) is 16.8. The minimum atomic E-state index is -0.748. The van der Waals surface area contributed by atoms with Gasteiger partial charge in [0.05, 0.1) is 37.5 Å². The molecule has 456 valence electrons. The molecule has 2 saturated heterocycles. The molecule has 0 spiro atoms. The van der Waals surface area contributed by atoms with Crippen molar-refractivity contribution >= 4 is 39.2 Å². The molecule has 1 N–H and O–H groups in total. The van der Waals surface area contributed by atoms with E-state index in [1.807, 2.05) is 18.3 Å². The molecule has 12 aromatic rings. The van der Waals surface area contributed by atoms with Gasteiger partial charge in [0.1, 0.15) is 56.1 Å². The number of nitrogens with one attached hydrogen (secondary N) is 1. The Labute approximate surface area is 537 Å². The van der Waals surface area contributed by atoms with Crippen molar-refractivity contribution in [2.24, 2.45) is 0 Å². The highest BCUT2D eigenvalue weighted by Gasteiger charge is 2.45. The maximum atomic E-state index is 6.51. The molecule has 91 heavy (non-hydrogen) atoms. The molecule has 0 amide bonds. The van der Waals surface area contributed by atoms with Crippen LogP contribution in [0, 0.1) is 0 Å². The number of hydrogen-bond acceptors (Lipinski definition) is 10. The van der Waals surface area contributed by atoms with Crippen LogP contribution >= 0.6 is 11.6 Å². The molecule has 16 rings (SSSR count). The van der Waals surface area contributed by atoms with Crippen molar-refractivity contribution in [3.8, 4) is 34.0 Å². The number of fused-ring (bicyclic) bond motifs is 2. The van der Waals surface area contributed by atoms with Crippen LogP contribution in [0.5, 0.6) is 11.5 Å². The molecule has 6 heterocycles. The summed E-state index contributed by atoms with van der Waals surface area (Å²) in [5.41, 5.74) is 10.7. The molecule has 0 radical (unpaired) electrons. The van der Waals surface area contributed by atoms with Crippen LogP contribution < -0.4 is 19.7 Å². The molecule has 2 aliphatic carbocycles. The van der Waals surface area contributed by atoms with E-state index in [0.717, 1.165) is 160 Å². The zero-order valence-corrected chi connectivity index (χ0v) is 52.1. The van der Waals surface area contributed by atoms with Crippen LogP contribution in [0.4, 0.5) is 5.82 Å². The van der Waals surface area contributed by atoms with Crippen LogP contribution in [0.2, 0.25) is 5.15 Å². The van der Waals surface area contributed by atoms with Gasteiger partial charge in [-0.1, -0.05) is 194 Å². The summed E-state index contributed by atoms with van der Waals surface area (Å²) < 4.78 is 27.9. The number of hydrogen-bond donors (Lipinski definition) is 1. The fourth-order valence-corrected chi connectivity index (χ4v) is 13.0. The van der Waals surface area contributed by atoms with E-state index < -0.39 is 11.1 Å². The summed E-state index contributed by atoms with van der Waals surface area (Å²) in [5.74, 6) is 2.66. The normalized spacial score (nSPS) is 15.8. The Hall–Kier alpha value is -9.43. The van der Waals surface area contributed by atoms with E-state index in [9.17, 15) is 0 Å². The van der Waals surface area contributed by atoms with E-state index in [-0.39, 0.29) is 11.2 Å². The van der Waals surface area contributed by atoms with E-state index >= 15 is 0 Å². The first-order valence-electron chi connectivity index (χ1n) is 31.7. The van der Waals surface area contributed by atoms with Crippen molar-refractivity contribution in [2.75, 3.05) is 57.5 Å². The lowest BCUT2D eigenvalue weighted by molar-refractivity contribution is 0.109. The summed E-state index contributed by atoms with van der Waals surface area (Å²) in [7, 11) is 0. The largest absolute Gasteiger partial charge is 0.488 e. The zero-order valence-electron chi connectivity index (χ0n) is 51.4. The van der Waals surface area contributed by atoms with Crippen molar-refractivity contribution in [3.63, 3.8) is 0 Å². The van der Waals surface area contributed by atoms with Gasteiger partial charge in [0.15, 0.2) is 0 Å². The average molecular weight is 1220 g/mol. The molecule has 4 aliphatic rings. The molecule has 4 aromatic heterocycles. The SMILES string of the molecule is C1COCCN1.CC1(Oc2ccc3c(c2)c(-c2ccnc(Cl)c2)nn3C(c2ccccc2)(c2ccccc2)c2ccccc2)CC1.CC1(Oc2ccc3c(c2)c(-c2ccnc(N4CCOCC4)c2)nn3C(c2ccccc2)(c2ccccc2)c2ccccc2)CC1. The molecule has 4 fully saturated rings. The van der Waals surface area contributed by atoms with E-state index in [2.05, 4.69) is 269 Å². The van der Waals surface area contributed by atoms with Crippen LogP contribution in [0.15, 0.2) is 255 Å². The lowest BCUT2D eigenvalue weighted by Gasteiger charge is -2.37. The minimum absolute atomic E-state index is 0.0914. The van der Waals surface area contributed by atoms with Gasteiger partial charge in [0, 0.05) is 60.5 Å². The van der Waals surface area contributed by atoms with Crippen LogP contribution in [0.1, 0.15) is 72.9 Å². The molecule has 8 aromatic carbocycles. The molecular weight excluding hydrogens is 1150 g/mol. The lowest BCUT2D eigenvalue weighted by Crippen LogP contribution is -2.38. The Bertz CT molecular complexity index is 4200. The first kappa shape index (κ1) is 59.2. The standard InChI is InChI=1S/C39H36N4O2.C35H28ClN3O.C4H9NO/c1-38(20-21-38)45-33-17-18-35-34(28-33)37(29-19-22-40-36(27-29)42-23-25-44-26-24-42)41-43(35)39(30-11-5-2-6-12-30,31-13-7-3-8-14-31)32-15-9-4-10-16-32;1-34(20-21-34)40-29-17-18-31-30(24-29)33(25-19-22-37-32(36)23-25)38-39(31)35(26-11-5-2-6-12-26,27-13-7-3-8-14-27)28-15-9-4-10-16-28;1-3-6-4-2-5-1/h2-19,22,27-28H,20-21,23-26H2,1H3;2-19,22-24H,20-21H2,1H3;5H,1-4H2. The van der Waals surface area contributed by atoms with Crippen molar-refractivity contribution in [1.29, 1.82) is 0 Å². The van der Waals surface area contributed by atoms with Gasteiger partial charge in [-0.15, -0.1) is 0 Å². The molecule has 2 aliphatic heterocycles. The molecule has 0 atom stereocenters. The van der Waals surface area contributed by atoms with Gasteiger partial charge < -0.3 is 29.2 Å². The van der Waals surface area contributed by atoms with Crippen molar-refractivity contribution in [1.82, 2.24) is 34.8 Å². The lowest BCUT2D eigenvalue weighted by atomic mass is 9.77. The second kappa shape index (κ2) is 25.8. The van der Waals surface area contributed by atoms with Crippen LogP contribution in [-0.2, 0) is 20.6 Å². The fourth-order valence-electron chi connectivity index (χ4n) is 12.8. The maximum absolute atomic E-state index is 6.51. The van der Waals surface area contributed by atoms with Crippen molar-refractivity contribution in [3.05, 3.63) is 294 Å². The highest BCUT2D eigenvalue weighted by molar-refractivity contribution is 6.29. The average Bonchev–Trinajstić information content (AvgIpc) is 1.74. The first-order valence-corrected chi connectivity index (χ1v) is 32.1. The number of anilines is 1. The predicted molar refractivity (Wildman–Crippen MR) is 363 cm³/mol. The highest BCUT2D eigenvalue weighted by Crippen LogP contribution is 2.49. The number of aromatic nitrogens is 6. The molecule has 13 heteroatoms. The number of halogens is 1. The monoisotopic (exact) mass is 1220 g/mol. The zero-order chi connectivity index (χ0) is 61.7. The fraction of sp³-hybridized carbons (Fsp3) is 0.231. The van der Waals surface area contributed by atoms with E-state index in [1.165, 1.54) is 0 Å². The number of morpholine rings is 2. The number of pyridine rings is 2. The number of benzene rings is 8. The van der Waals surface area contributed by atoms with Gasteiger partial charge in [-0.3, -0.25) is 0 Å². The highest BCUT2D eigenvalue weighted by atomic mass is 35.5. The van der Waals surface area contributed by atoms with Gasteiger partial charge in [-0.2, -0.15) is 10.2 Å². The van der Waals surface area contributed by atoms with E-state index in [0.29, 0.717) is 18.4 Å². The summed E-state index contributed by atoms with van der Waals surface area (Å²) in [6.07, 6.45) is 7.90. The summed E-state index contributed by atoms with van der Waals surface area (Å²) in [6, 6.07) is 84.8. The summed E-state index contributed by atoms with van der Waals surface area (Å²) in [4.78, 5) is 11.3. The number of nitrogens with zero attached hydrogens (tertiary/aromatic N) is 7.